The van der Waals surface area contributed by atoms with Crippen molar-refractivity contribution in [1.82, 2.24) is 4.98 Å². The van der Waals surface area contributed by atoms with Gasteiger partial charge in [0.05, 0.1) is 10.9 Å². The van der Waals surface area contributed by atoms with E-state index in [0.717, 1.165) is 5.56 Å². The zero-order valence-electron chi connectivity index (χ0n) is 11.2. The number of nitrogens with one attached hydrogen (secondary N) is 1. The molecule has 0 bridgehead atoms. The van der Waals surface area contributed by atoms with E-state index in [2.05, 4.69) is 10.3 Å². The molecule has 0 saturated carbocycles. The molecule has 0 aliphatic carbocycles. The van der Waals surface area contributed by atoms with Crippen LogP contribution in [0.1, 0.15) is 18.5 Å². The van der Waals surface area contributed by atoms with E-state index in [1.54, 1.807) is 12.4 Å². The predicted octanol–water partition coefficient (Wildman–Crippen LogP) is 3.25. The normalized spacial score (nSPS) is 13.1. The van der Waals surface area contributed by atoms with Gasteiger partial charge in [0.1, 0.15) is 0 Å². The number of nitrogens with zero attached hydrogens (tertiary/aromatic N) is 1. The summed E-state index contributed by atoms with van der Waals surface area (Å²) in [7, 11) is -4.55. The van der Waals surface area contributed by atoms with E-state index in [-0.39, 0.29) is 6.04 Å². The molecular weight excluding hydrogens is 298 g/mol. The van der Waals surface area contributed by atoms with Crippen molar-refractivity contribution >= 4 is 15.5 Å². The van der Waals surface area contributed by atoms with E-state index in [1.807, 2.05) is 19.1 Å². The molecule has 0 aliphatic rings. The highest BCUT2D eigenvalue weighted by atomic mass is 32.2. The molecule has 1 heterocycles. The molecule has 0 saturated heterocycles. The number of sulfone groups is 1. The minimum Gasteiger partial charge on any atom is -0.378 e. The van der Waals surface area contributed by atoms with Gasteiger partial charge >= 0.3 is 5.76 Å². The first-order chi connectivity index (χ1) is 9.91. The number of rotatable bonds is 5. The zero-order valence-corrected chi connectivity index (χ0v) is 12.0. The van der Waals surface area contributed by atoms with Crippen molar-refractivity contribution in [2.45, 2.75) is 23.6 Å². The van der Waals surface area contributed by atoms with Crippen LogP contribution in [0.15, 0.2) is 53.7 Å². The first-order valence-electron chi connectivity index (χ1n) is 6.20. The summed E-state index contributed by atoms with van der Waals surface area (Å²) < 4.78 is 47.5. The fourth-order valence-electron chi connectivity index (χ4n) is 1.81. The number of hydrogen-bond donors (Lipinski definition) is 1. The van der Waals surface area contributed by atoms with E-state index < -0.39 is 20.5 Å². The number of alkyl halides is 2. The van der Waals surface area contributed by atoms with Gasteiger partial charge in [-0.25, -0.2) is 8.42 Å². The molecular formula is C14H14F2N2O2S. The maximum Gasteiger partial charge on any atom is 0.341 e. The number of aromatic nitrogens is 1. The molecule has 7 heteroatoms. The number of benzene rings is 1. The van der Waals surface area contributed by atoms with E-state index >= 15 is 0 Å². The van der Waals surface area contributed by atoms with Crippen molar-refractivity contribution in [3.05, 3.63) is 54.4 Å². The second kappa shape index (κ2) is 6.17. The summed E-state index contributed by atoms with van der Waals surface area (Å²) in [6, 6.07) is 8.92. The van der Waals surface area contributed by atoms with Gasteiger partial charge in [0.25, 0.3) is 0 Å². The maximum absolute atomic E-state index is 12.4. The molecule has 1 aromatic carbocycles. The van der Waals surface area contributed by atoms with Crippen LogP contribution in [0.2, 0.25) is 0 Å². The Morgan fingerprint density at radius 2 is 1.81 bits per heavy atom. The first-order valence-corrected chi connectivity index (χ1v) is 7.74. The molecule has 0 radical (unpaired) electrons. The fraction of sp³-hybridized carbons (Fsp3) is 0.214. The van der Waals surface area contributed by atoms with Gasteiger partial charge in [-0.2, -0.15) is 8.78 Å². The zero-order chi connectivity index (χ0) is 15.5. The van der Waals surface area contributed by atoms with Gasteiger partial charge in [-0.05, 0) is 42.8 Å². The van der Waals surface area contributed by atoms with Crippen molar-refractivity contribution in [2.75, 3.05) is 5.32 Å². The van der Waals surface area contributed by atoms with Crippen LogP contribution in [0.4, 0.5) is 14.5 Å². The smallest absolute Gasteiger partial charge is 0.341 e. The van der Waals surface area contributed by atoms with Crippen LogP contribution in [0.3, 0.4) is 0 Å². The van der Waals surface area contributed by atoms with Gasteiger partial charge in [0.15, 0.2) is 0 Å². The number of anilines is 1. The van der Waals surface area contributed by atoms with Crippen LogP contribution in [0, 0.1) is 0 Å². The lowest BCUT2D eigenvalue weighted by Crippen LogP contribution is -2.11. The van der Waals surface area contributed by atoms with E-state index in [0.29, 0.717) is 5.69 Å². The molecule has 0 fully saturated rings. The van der Waals surface area contributed by atoms with Crippen molar-refractivity contribution in [2.24, 2.45) is 0 Å². The predicted molar refractivity (Wildman–Crippen MR) is 75.9 cm³/mol. The minimum atomic E-state index is -4.55. The Bertz CT molecular complexity index is 689. The molecule has 2 rings (SSSR count). The molecule has 112 valence electrons. The van der Waals surface area contributed by atoms with E-state index in [4.69, 9.17) is 0 Å². The molecule has 1 atom stereocenters. The average Bonchev–Trinajstić information content (AvgIpc) is 2.48. The van der Waals surface area contributed by atoms with Gasteiger partial charge in [0.2, 0.25) is 9.84 Å². The summed E-state index contributed by atoms with van der Waals surface area (Å²) in [5, 5.41) is 3.14. The van der Waals surface area contributed by atoms with Gasteiger partial charge in [-0.15, -0.1) is 0 Å². The lowest BCUT2D eigenvalue weighted by molar-refractivity contribution is 0.234. The molecule has 21 heavy (non-hydrogen) atoms. The van der Waals surface area contributed by atoms with Crippen LogP contribution >= 0.6 is 0 Å². The van der Waals surface area contributed by atoms with Gasteiger partial charge < -0.3 is 5.32 Å². The summed E-state index contributed by atoms with van der Waals surface area (Å²) in [6.07, 6.45) is 3.38. The Balaban J connectivity index is 2.14. The lowest BCUT2D eigenvalue weighted by atomic mass is 10.1. The van der Waals surface area contributed by atoms with E-state index in [1.165, 1.54) is 24.3 Å². The monoisotopic (exact) mass is 312 g/mol. The molecule has 2 aromatic rings. The van der Waals surface area contributed by atoms with Crippen molar-refractivity contribution in [3.8, 4) is 0 Å². The SMILES string of the molecule is CC(Nc1ccc(S(=O)(=O)C(F)F)cc1)c1cccnc1. The highest BCUT2D eigenvalue weighted by Gasteiger charge is 2.26. The Morgan fingerprint density at radius 3 is 2.33 bits per heavy atom. The maximum atomic E-state index is 12.4. The molecule has 1 N–H and O–H groups in total. The number of halogens is 2. The highest BCUT2D eigenvalue weighted by molar-refractivity contribution is 7.91. The van der Waals surface area contributed by atoms with E-state index in [9.17, 15) is 17.2 Å². The van der Waals surface area contributed by atoms with Crippen LogP contribution in [-0.4, -0.2) is 19.2 Å². The summed E-state index contributed by atoms with van der Waals surface area (Å²) in [6.45, 7) is 1.92. The van der Waals surface area contributed by atoms with Crippen molar-refractivity contribution < 1.29 is 17.2 Å². The third-order valence-corrected chi connectivity index (χ3v) is 4.38. The Labute approximate surface area is 121 Å². The summed E-state index contributed by atoms with van der Waals surface area (Å²) in [5.74, 6) is -3.41. The number of pyridine rings is 1. The van der Waals surface area contributed by atoms with Gasteiger partial charge in [0, 0.05) is 18.1 Å². The topological polar surface area (TPSA) is 59.1 Å². The third kappa shape index (κ3) is 3.55. The van der Waals surface area contributed by atoms with Crippen molar-refractivity contribution in [1.29, 1.82) is 0 Å². The Kier molecular flexibility index (Phi) is 4.52. The molecule has 4 nitrogen and oxygen atoms in total. The summed E-state index contributed by atoms with van der Waals surface area (Å²) in [4.78, 5) is 3.62. The standard InChI is InChI=1S/C14H14F2N2O2S/c1-10(11-3-2-8-17-9-11)18-12-4-6-13(7-5-12)21(19,20)14(15)16/h2-10,14,18H,1H3. The fourth-order valence-corrected chi connectivity index (χ4v) is 2.53. The number of hydrogen-bond acceptors (Lipinski definition) is 4. The second-order valence-corrected chi connectivity index (χ2v) is 6.40. The van der Waals surface area contributed by atoms with Crippen LogP contribution in [0.5, 0.6) is 0 Å². The molecule has 1 unspecified atom stereocenters. The van der Waals surface area contributed by atoms with Gasteiger partial charge in [-0.3, -0.25) is 4.98 Å². The Hall–Kier alpha value is -2.02. The van der Waals surface area contributed by atoms with Gasteiger partial charge in [-0.1, -0.05) is 6.07 Å². The largest absolute Gasteiger partial charge is 0.378 e. The lowest BCUT2D eigenvalue weighted by Gasteiger charge is -2.15. The molecule has 1 aromatic heterocycles. The minimum absolute atomic E-state index is 0.0451. The molecule has 0 spiro atoms. The van der Waals surface area contributed by atoms with Crippen molar-refractivity contribution in [3.63, 3.8) is 0 Å². The molecule has 0 aliphatic heterocycles. The highest BCUT2D eigenvalue weighted by Crippen LogP contribution is 2.22. The molecule has 0 amide bonds. The second-order valence-electron chi connectivity index (χ2n) is 4.48. The van der Waals surface area contributed by atoms with Crippen LogP contribution in [-0.2, 0) is 9.84 Å². The van der Waals surface area contributed by atoms with Crippen LogP contribution in [0.25, 0.3) is 0 Å². The first kappa shape index (κ1) is 15.4. The summed E-state index contributed by atoms with van der Waals surface area (Å²) in [5.41, 5.74) is 1.60. The van der Waals surface area contributed by atoms with Crippen LogP contribution < -0.4 is 5.32 Å². The Morgan fingerprint density at radius 1 is 1.14 bits per heavy atom. The quantitative estimate of drug-likeness (QED) is 0.920. The third-order valence-electron chi connectivity index (χ3n) is 2.99. The average molecular weight is 312 g/mol. The summed E-state index contributed by atoms with van der Waals surface area (Å²) >= 11 is 0.